The molecule has 0 aliphatic heterocycles. The fourth-order valence-corrected chi connectivity index (χ4v) is 4.97. The van der Waals surface area contributed by atoms with E-state index in [2.05, 4.69) is 15.3 Å². The van der Waals surface area contributed by atoms with Crippen molar-refractivity contribution in [1.29, 1.82) is 0 Å². The monoisotopic (exact) mass is 523 g/mol. The van der Waals surface area contributed by atoms with Crippen LogP contribution < -0.4 is 5.32 Å². The highest BCUT2D eigenvalue weighted by molar-refractivity contribution is 5.92. The number of hydrogen-bond acceptors (Lipinski definition) is 5. The zero-order valence-corrected chi connectivity index (χ0v) is 21.3. The number of anilines is 1. The first-order valence-corrected chi connectivity index (χ1v) is 12.5. The minimum Gasteiger partial charge on any atom is -0.475 e. The van der Waals surface area contributed by atoms with Gasteiger partial charge in [0.25, 0.3) is 0 Å². The molecule has 1 aliphatic carbocycles. The molecular weight excluding hydrogens is 495 g/mol. The first kappa shape index (κ1) is 25.7. The van der Waals surface area contributed by atoms with Crippen molar-refractivity contribution in [3.8, 4) is 11.4 Å². The molecule has 1 unspecified atom stereocenters. The lowest BCUT2D eigenvalue weighted by Crippen LogP contribution is -2.31. The van der Waals surface area contributed by atoms with Gasteiger partial charge in [0.1, 0.15) is 11.3 Å². The van der Waals surface area contributed by atoms with Gasteiger partial charge < -0.3 is 15.0 Å². The molecule has 2 aromatic heterocycles. The number of alkyl halides is 3. The van der Waals surface area contributed by atoms with Crippen LogP contribution in [0.1, 0.15) is 59.1 Å². The number of benzene rings is 2. The average Bonchev–Trinajstić information content (AvgIpc) is 3.15. The molecule has 7 nitrogen and oxygen atoms in total. The van der Waals surface area contributed by atoms with Crippen LogP contribution in [0.25, 0.3) is 22.6 Å². The molecule has 2 heterocycles. The van der Waals surface area contributed by atoms with Gasteiger partial charge in [-0.3, -0.25) is 0 Å². The molecule has 1 fully saturated rings. The average molecular weight is 524 g/mol. The third-order valence-corrected chi connectivity index (χ3v) is 7.12. The van der Waals surface area contributed by atoms with Gasteiger partial charge in [0.2, 0.25) is 5.82 Å². The predicted molar refractivity (Wildman–Crippen MR) is 138 cm³/mol. The van der Waals surface area contributed by atoms with Crippen LogP contribution in [-0.4, -0.2) is 36.6 Å². The van der Waals surface area contributed by atoms with Gasteiger partial charge in [0.15, 0.2) is 11.5 Å². The van der Waals surface area contributed by atoms with Crippen LogP contribution in [0.5, 0.6) is 0 Å². The van der Waals surface area contributed by atoms with Gasteiger partial charge in [0, 0.05) is 18.2 Å². The Morgan fingerprint density at radius 1 is 1.08 bits per heavy atom. The highest BCUT2D eigenvalue weighted by Gasteiger charge is 2.30. The number of rotatable bonds is 7. The molecule has 198 valence electrons. The SMILES string of the molecule is Cc1cc(C)cc(-c2nc3nc(C(=O)O)nc(NC(C)C4CCC4)c3n2Cc2ccc(C(F)(F)F)cc2)c1. The normalized spacial score (nSPS) is 14.9. The van der Waals surface area contributed by atoms with E-state index in [-0.39, 0.29) is 24.1 Å². The second kappa shape index (κ2) is 9.74. The van der Waals surface area contributed by atoms with Gasteiger partial charge in [-0.1, -0.05) is 35.7 Å². The Bertz CT molecular complexity index is 1490. The van der Waals surface area contributed by atoms with E-state index in [0.717, 1.165) is 48.1 Å². The summed E-state index contributed by atoms with van der Waals surface area (Å²) in [6.07, 6.45) is -1.13. The van der Waals surface area contributed by atoms with Gasteiger partial charge in [-0.25, -0.2) is 19.7 Å². The summed E-state index contributed by atoms with van der Waals surface area (Å²) >= 11 is 0. The standard InChI is InChI=1S/C28H28F3N5O2/c1-15-11-16(2)13-20(12-15)26-35-24-22(36(26)14-18-7-9-21(10-8-18)28(29,30)31)23(33-25(34-24)27(37)38)32-17(3)19-5-4-6-19/h7-13,17,19H,4-6,14H2,1-3H3,(H,37,38)(H,32,33,34). The van der Waals surface area contributed by atoms with Crippen LogP contribution >= 0.6 is 0 Å². The minimum atomic E-state index is -4.43. The largest absolute Gasteiger partial charge is 0.475 e. The summed E-state index contributed by atoms with van der Waals surface area (Å²) in [7, 11) is 0. The lowest BCUT2D eigenvalue weighted by Gasteiger charge is -2.32. The van der Waals surface area contributed by atoms with Crippen LogP contribution in [0, 0.1) is 19.8 Å². The number of halogens is 3. The van der Waals surface area contributed by atoms with E-state index in [0.29, 0.717) is 28.6 Å². The maximum absolute atomic E-state index is 13.2. The van der Waals surface area contributed by atoms with Gasteiger partial charge >= 0.3 is 12.1 Å². The Morgan fingerprint density at radius 3 is 2.29 bits per heavy atom. The lowest BCUT2D eigenvalue weighted by atomic mass is 9.80. The maximum atomic E-state index is 13.2. The van der Waals surface area contributed by atoms with Crippen molar-refractivity contribution in [1.82, 2.24) is 19.5 Å². The zero-order valence-electron chi connectivity index (χ0n) is 21.3. The number of carboxylic acids is 1. The second-order valence-electron chi connectivity index (χ2n) is 10.1. The van der Waals surface area contributed by atoms with Crippen molar-refractivity contribution in [3.63, 3.8) is 0 Å². The van der Waals surface area contributed by atoms with E-state index >= 15 is 0 Å². The van der Waals surface area contributed by atoms with Gasteiger partial charge in [-0.2, -0.15) is 13.2 Å². The third-order valence-electron chi connectivity index (χ3n) is 7.12. The molecule has 0 radical (unpaired) electrons. The van der Waals surface area contributed by atoms with E-state index in [4.69, 9.17) is 4.98 Å². The van der Waals surface area contributed by atoms with Crippen LogP contribution in [-0.2, 0) is 12.7 Å². The van der Waals surface area contributed by atoms with Crippen molar-refractivity contribution in [3.05, 3.63) is 70.5 Å². The number of nitrogens with one attached hydrogen (secondary N) is 1. The van der Waals surface area contributed by atoms with Crippen molar-refractivity contribution in [2.75, 3.05) is 5.32 Å². The topological polar surface area (TPSA) is 92.9 Å². The number of aromatic carboxylic acids is 1. The molecule has 10 heteroatoms. The minimum absolute atomic E-state index is 0.0441. The van der Waals surface area contributed by atoms with Gasteiger partial charge in [-0.05, 0) is 69.4 Å². The van der Waals surface area contributed by atoms with E-state index < -0.39 is 17.7 Å². The van der Waals surface area contributed by atoms with Crippen molar-refractivity contribution in [2.24, 2.45) is 5.92 Å². The molecule has 38 heavy (non-hydrogen) atoms. The Labute approximate surface area is 217 Å². The lowest BCUT2D eigenvalue weighted by molar-refractivity contribution is -0.137. The number of carbonyl (C=O) groups is 1. The number of hydrogen-bond donors (Lipinski definition) is 2. The highest BCUT2D eigenvalue weighted by Crippen LogP contribution is 2.35. The number of aryl methyl sites for hydroxylation is 2. The summed E-state index contributed by atoms with van der Waals surface area (Å²) in [6, 6.07) is 11.0. The van der Waals surface area contributed by atoms with E-state index in [1.54, 1.807) is 0 Å². The maximum Gasteiger partial charge on any atom is 0.416 e. The quantitative estimate of drug-likeness (QED) is 0.288. The van der Waals surface area contributed by atoms with E-state index in [1.807, 2.05) is 43.5 Å². The number of imidazole rings is 1. The second-order valence-corrected chi connectivity index (χ2v) is 10.1. The van der Waals surface area contributed by atoms with Gasteiger partial charge in [0.05, 0.1) is 5.56 Å². The summed E-state index contributed by atoms with van der Waals surface area (Å²) in [5.41, 5.74) is 3.45. The molecule has 2 N–H and O–H groups in total. The molecule has 1 atom stereocenters. The van der Waals surface area contributed by atoms with Crippen LogP contribution in [0.15, 0.2) is 42.5 Å². The highest BCUT2D eigenvalue weighted by atomic mass is 19.4. The molecular formula is C28H28F3N5O2. The smallest absolute Gasteiger partial charge is 0.416 e. The summed E-state index contributed by atoms with van der Waals surface area (Å²) < 4.78 is 41.3. The summed E-state index contributed by atoms with van der Waals surface area (Å²) in [5, 5.41) is 13.1. The number of fused-ring (bicyclic) bond motifs is 1. The fourth-order valence-electron chi connectivity index (χ4n) is 4.97. The summed E-state index contributed by atoms with van der Waals surface area (Å²) in [5.74, 6) is -0.313. The number of nitrogens with zero attached hydrogens (tertiary/aromatic N) is 4. The predicted octanol–water partition coefficient (Wildman–Crippen LogP) is 6.48. The summed E-state index contributed by atoms with van der Waals surface area (Å²) in [6.45, 7) is 6.17. The molecule has 4 aromatic rings. The molecule has 0 spiro atoms. The van der Waals surface area contributed by atoms with Crippen molar-refractivity contribution < 1.29 is 23.1 Å². The summed E-state index contributed by atoms with van der Waals surface area (Å²) in [4.78, 5) is 25.2. The molecule has 1 aliphatic rings. The number of carboxylic acid groups (broad SMARTS) is 1. The molecule has 5 rings (SSSR count). The number of aromatic nitrogens is 4. The third kappa shape index (κ3) is 5.07. The Morgan fingerprint density at radius 2 is 1.74 bits per heavy atom. The zero-order chi connectivity index (χ0) is 27.2. The molecule has 0 saturated heterocycles. The molecule has 0 amide bonds. The Hall–Kier alpha value is -3.95. The molecule has 1 saturated carbocycles. The van der Waals surface area contributed by atoms with Crippen molar-refractivity contribution >= 4 is 23.0 Å². The van der Waals surface area contributed by atoms with Crippen LogP contribution in [0.2, 0.25) is 0 Å². The van der Waals surface area contributed by atoms with E-state index in [9.17, 15) is 23.1 Å². The van der Waals surface area contributed by atoms with E-state index in [1.165, 1.54) is 12.1 Å². The van der Waals surface area contributed by atoms with Crippen molar-refractivity contribution in [2.45, 2.75) is 58.8 Å². The fraction of sp³-hybridized carbons (Fsp3) is 0.357. The Kier molecular flexibility index (Phi) is 6.58. The van der Waals surface area contributed by atoms with Gasteiger partial charge in [-0.15, -0.1) is 0 Å². The van der Waals surface area contributed by atoms with Crippen LogP contribution in [0.3, 0.4) is 0 Å². The molecule has 2 aromatic carbocycles. The molecule has 0 bridgehead atoms. The Balaban J connectivity index is 1.70. The van der Waals surface area contributed by atoms with Crippen LogP contribution in [0.4, 0.5) is 19.0 Å². The first-order chi connectivity index (χ1) is 18.0. The first-order valence-electron chi connectivity index (χ1n) is 12.5.